The summed E-state index contributed by atoms with van der Waals surface area (Å²) in [5, 5.41) is 9.97. The van der Waals surface area contributed by atoms with E-state index in [4.69, 9.17) is 11.6 Å². The van der Waals surface area contributed by atoms with Gasteiger partial charge >= 0.3 is 0 Å². The first-order valence-electron chi connectivity index (χ1n) is 8.99. The molecule has 0 unspecified atom stereocenters. The highest BCUT2D eigenvalue weighted by Crippen LogP contribution is 2.25. The number of amides is 2. The molecule has 1 aromatic heterocycles. The Bertz CT molecular complexity index is 1040. The van der Waals surface area contributed by atoms with Gasteiger partial charge in [0.2, 0.25) is 5.91 Å². The summed E-state index contributed by atoms with van der Waals surface area (Å²) in [6.45, 7) is 5.29. The number of hydrogen-bond donors (Lipinski definition) is 2. The van der Waals surface area contributed by atoms with Crippen LogP contribution in [-0.4, -0.2) is 21.6 Å². The summed E-state index contributed by atoms with van der Waals surface area (Å²) in [5.41, 5.74) is 2.40. The second kappa shape index (κ2) is 8.45. The minimum absolute atomic E-state index is 0.0857. The number of benzene rings is 2. The summed E-state index contributed by atoms with van der Waals surface area (Å²) in [6.07, 6.45) is 0. The van der Waals surface area contributed by atoms with Crippen molar-refractivity contribution in [2.24, 2.45) is 5.92 Å². The van der Waals surface area contributed by atoms with E-state index in [9.17, 15) is 14.0 Å². The molecule has 0 aliphatic rings. The molecule has 2 aromatic carbocycles. The molecular weight excluding hydrogens is 395 g/mol. The third kappa shape index (κ3) is 4.63. The maximum absolute atomic E-state index is 13.1. The van der Waals surface area contributed by atoms with Crippen molar-refractivity contribution in [2.45, 2.75) is 20.8 Å². The van der Waals surface area contributed by atoms with Crippen LogP contribution in [0, 0.1) is 18.7 Å². The Kier molecular flexibility index (Phi) is 5.98. The van der Waals surface area contributed by atoms with Crippen LogP contribution in [0.4, 0.5) is 15.8 Å². The van der Waals surface area contributed by atoms with Crippen LogP contribution in [0.15, 0.2) is 48.5 Å². The Morgan fingerprint density at radius 3 is 2.10 bits per heavy atom. The number of aryl methyl sites for hydroxylation is 1. The molecule has 0 bridgehead atoms. The molecular formula is C21H20ClFN4O2. The van der Waals surface area contributed by atoms with Gasteiger partial charge in [0.05, 0.1) is 11.4 Å². The van der Waals surface area contributed by atoms with Crippen LogP contribution in [0.5, 0.6) is 0 Å². The van der Waals surface area contributed by atoms with Gasteiger partial charge in [0, 0.05) is 17.3 Å². The predicted octanol–water partition coefficient (Wildman–Crippen LogP) is 4.82. The van der Waals surface area contributed by atoms with Crippen LogP contribution in [-0.2, 0) is 4.79 Å². The van der Waals surface area contributed by atoms with Crippen LogP contribution >= 0.6 is 11.6 Å². The molecule has 3 aromatic rings. The van der Waals surface area contributed by atoms with E-state index in [1.54, 1.807) is 31.2 Å². The fraction of sp³-hybridized carbons (Fsp3) is 0.190. The fourth-order valence-corrected chi connectivity index (χ4v) is 2.99. The first-order valence-corrected chi connectivity index (χ1v) is 9.37. The van der Waals surface area contributed by atoms with Gasteiger partial charge in [0.15, 0.2) is 0 Å². The molecule has 0 radical (unpaired) electrons. The van der Waals surface area contributed by atoms with Gasteiger partial charge in [0.25, 0.3) is 5.91 Å². The van der Waals surface area contributed by atoms with Crippen LogP contribution in [0.25, 0.3) is 5.69 Å². The lowest BCUT2D eigenvalue weighted by atomic mass is 10.2. The van der Waals surface area contributed by atoms with E-state index in [2.05, 4.69) is 15.7 Å². The summed E-state index contributed by atoms with van der Waals surface area (Å²) in [6, 6.07) is 12.4. The van der Waals surface area contributed by atoms with E-state index in [1.165, 1.54) is 28.9 Å². The van der Waals surface area contributed by atoms with Crippen molar-refractivity contribution in [1.29, 1.82) is 0 Å². The Morgan fingerprint density at radius 2 is 1.55 bits per heavy atom. The zero-order valence-corrected chi connectivity index (χ0v) is 16.9. The van der Waals surface area contributed by atoms with Crippen molar-refractivity contribution in [1.82, 2.24) is 9.78 Å². The van der Waals surface area contributed by atoms with E-state index in [0.29, 0.717) is 22.8 Å². The molecule has 8 heteroatoms. The first-order chi connectivity index (χ1) is 13.8. The van der Waals surface area contributed by atoms with Gasteiger partial charge in [-0.1, -0.05) is 25.4 Å². The van der Waals surface area contributed by atoms with E-state index < -0.39 is 5.91 Å². The molecule has 6 nitrogen and oxygen atoms in total. The lowest BCUT2D eigenvalue weighted by molar-refractivity contribution is -0.118. The number of nitrogens with one attached hydrogen (secondary N) is 2. The van der Waals surface area contributed by atoms with Crippen LogP contribution in [0.3, 0.4) is 0 Å². The monoisotopic (exact) mass is 414 g/mol. The molecule has 2 N–H and O–H groups in total. The van der Waals surface area contributed by atoms with Gasteiger partial charge in [0.1, 0.15) is 16.5 Å². The van der Waals surface area contributed by atoms with Crippen molar-refractivity contribution < 1.29 is 14.0 Å². The Hall–Kier alpha value is -3.19. The van der Waals surface area contributed by atoms with Crippen molar-refractivity contribution in [3.63, 3.8) is 0 Å². The van der Waals surface area contributed by atoms with Crippen molar-refractivity contribution in [3.05, 3.63) is 70.8 Å². The summed E-state index contributed by atoms with van der Waals surface area (Å²) in [5.74, 6) is -1.01. The van der Waals surface area contributed by atoms with Crippen molar-refractivity contribution in [2.75, 3.05) is 10.6 Å². The molecule has 1 heterocycles. The highest BCUT2D eigenvalue weighted by atomic mass is 35.5. The third-order valence-corrected chi connectivity index (χ3v) is 4.59. The zero-order valence-electron chi connectivity index (χ0n) is 16.2. The quantitative estimate of drug-likeness (QED) is 0.628. The molecule has 150 valence electrons. The summed E-state index contributed by atoms with van der Waals surface area (Å²) < 4.78 is 14.5. The van der Waals surface area contributed by atoms with Gasteiger partial charge < -0.3 is 10.6 Å². The Labute approximate surface area is 172 Å². The standard InChI is InChI=1S/C21H20ClFN4O2/c1-12(2)20(28)24-15-6-8-16(9-7-15)25-21(29)18-13(3)26-27(19(18)22)17-10-4-14(23)5-11-17/h4-12H,1-3H3,(H,24,28)(H,25,29). The Balaban J connectivity index is 1.77. The fourth-order valence-electron chi connectivity index (χ4n) is 2.63. The third-order valence-electron chi connectivity index (χ3n) is 4.24. The Morgan fingerprint density at radius 1 is 1.00 bits per heavy atom. The molecule has 0 saturated heterocycles. The summed E-state index contributed by atoms with van der Waals surface area (Å²) in [7, 11) is 0. The number of rotatable bonds is 5. The average molecular weight is 415 g/mol. The molecule has 0 aliphatic heterocycles. The number of carbonyl (C=O) groups is 2. The van der Waals surface area contributed by atoms with Crippen molar-refractivity contribution >= 4 is 34.8 Å². The molecule has 3 rings (SSSR count). The maximum atomic E-state index is 13.1. The van der Waals surface area contributed by atoms with Gasteiger partial charge in [-0.15, -0.1) is 0 Å². The molecule has 2 amide bonds. The van der Waals surface area contributed by atoms with E-state index in [-0.39, 0.29) is 28.4 Å². The van der Waals surface area contributed by atoms with Gasteiger partial charge in [-0.3, -0.25) is 9.59 Å². The molecule has 0 atom stereocenters. The molecule has 29 heavy (non-hydrogen) atoms. The zero-order chi connectivity index (χ0) is 21.1. The number of hydrogen-bond acceptors (Lipinski definition) is 3. The number of aromatic nitrogens is 2. The molecule has 0 fully saturated rings. The van der Waals surface area contributed by atoms with E-state index in [1.807, 2.05) is 13.8 Å². The summed E-state index contributed by atoms with van der Waals surface area (Å²) >= 11 is 6.38. The molecule has 0 spiro atoms. The van der Waals surface area contributed by atoms with Gasteiger partial charge in [-0.05, 0) is 55.5 Å². The number of carbonyl (C=O) groups excluding carboxylic acids is 2. The second-order valence-corrected chi connectivity index (χ2v) is 7.17. The SMILES string of the molecule is Cc1nn(-c2ccc(F)cc2)c(Cl)c1C(=O)Nc1ccc(NC(=O)C(C)C)cc1. The number of anilines is 2. The second-order valence-electron chi connectivity index (χ2n) is 6.81. The van der Waals surface area contributed by atoms with E-state index >= 15 is 0 Å². The maximum Gasteiger partial charge on any atom is 0.260 e. The van der Waals surface area contributed by atoms with E-state index in [0.717, 1.165) is 0 Å². The van der Waals surface area contributed by atoms with Crippen LogP contribution < -0.4 is 10.6 Å². The van der Waals surface area contributed by atoms with Crippen LogP contribution in [0.1, 0.15) is 29.9 Å². The first kappa shape index (κ1) is 20.5. The van der Waals surface area contributed by atoms with Gasteiger partial charge in [-0.2, -0.15) is 5.10 Å². The normalized spacial score (nSPS) is 10.8. The largest absolute Gasteiger partial charge is 0.326 e. The summed E-state index contributed by atoms with van der Waals surface area (Å²) in [4.78, 5) is 24.5. The molecule has 0 saturated carbocycles. The lowest BCUT2D eigenvalue weighted by Gasteiger charge is -2.09. The highest BCUT2D eigenvalue weighted by Gasteiger charge is 2.21. The molecule has 0 aliphatic carbocycles. The average Bonchev–Trinajstić information content (AvgIpc) is 2.98. The van der Waals surface area contributed by atoms with Crippen molar-refractivity contribution in [3.8, 4) is 5.69 Å². The smallest absolute Gasteiger partial charge is 0.260 e. The minimum Gasteiger partial charge on any atom is -0.326 e. The minimum atomic E-state index is -0.417. The lowest BCUT2D eigenvalue weighted by Crippen LogP contribution is -2.17. The number of halogens is 2. The number of nitrogens with zero attached hydrogens (tertiary/aromatic N) is 2. The topological polar surface area (TPSA) is 76.0 Å². The highest BCUT2D eigenvalue weighted by molar-refractivity contribution is 6.34. The van der Waals surface area contributed by atoms with Gasteiger partial charge in [-0.25, -0.2) is 9.07 Å². The van der Waals surface area contributed by atoms with Crippen LogP contribution in [0.2, 0.25) is 5.15 Å². The predicted molar refractivity (Wildman–Crippen MR) is 111 cm³/mol.